The van der Waals surface area contributed by atoms with Crippen LogP contribution in [0.1, 0.15) is 18.4 Å². The third-order valence-electron chi connectivity index (χ3n) is 3.50. The maximum atomic E-state index is 12.2. The SMILES string of the molecule is NCC1CCN(S(=O)(=O)C=Cc2ccccc2)CC1. The normalized spacial score (nSPS) is 19.0. The van der Waals surface area contributed by atoms with Crippen molar-refractivity contribution in [3.8, 4) is 0 Å². The highest BCUT2D eigenvalue weighted by molar-refractivity contribution is 7.92. The summed E-state index contributed by atoms with van der Waals surface area (Å²) in [5, 5.41) is 1.30. The largest absolute Gasteiger partial charge is 0.330 e. The second-order valence-electron chi connectivity index (χ2n) is 4.84. The predicted molar refractivity (Wildman–Crippen MR) is 77.7 cm³/mol. The fraction of sp³-hybridized carbons (Fsp3) is 0.429. The van der Waals surface area contributed by atoms with Gasteiger partial charge in [-0.2, -0.15) is 4.31 Å². The molecule has 1 aromatic carbocycles. The van der Waals surface area contributed by atoms with Crippen molar-refractivity contribution in [3.63, 3.8) is 0 Å². The van der Waals surface area contributed by atoms with Gasteiger partial charge in [0.2, 0.25) is 10.0 Å². The van der Waals surface area contributed by atoms with E-state index in [0.29, 0.717) is 25.6 Å². The van der Waals surface area contributed by atoms with Crippen LogP contribution in [0.25, 0.3) is 6.08 Å². The van der Waals surface area contributed by atoms with Crippen molar-refractivity contribution in [2.45, 2.75) is 12.8 Å². The first kappa shape index (κ1) is 14.2. The van der Waals surface area contributed by atoms with Gasteiger partial charge in [0.15, 0.2) is 0 Å². The number of rotatable bonds is 4. The lowest BCUT2D eigenvalue weighted by Gasteiger charge is -2.29. The summed E-state index contributed by atoms with van der Waals surface area (Å²) in [6.07, 6.45) is 3.36. The van der Waals surface area contributed by atoms with Crippen LogP contribution in [-0.4, -0.2) is 32.4 Å². The molecule has 0 amide bonds. The molecular formula is C14H20N2O2S. The Balaban J connectivity index is 2.01. The van der Waals surface area contributed by atoms with E-state index >= 15 is 0 Å². The summed E-state index contributed by atoms with van der Waals surface area (Å²) in [5.74, 6) is 0.463. The fourth-order valence-electron chi connectivity index (χ4n) is 2.21. The number of nitrogens with two attached hydrogens (primary N) is 1. The molecule has 1 aromatic rings. The van der Waals surface area contributed by atoms with Crippen molar-refractivity contribution < 1.29 is 8.42 Å². The Morgan fingerprint density at radius 3 is 2.42 bits per heavy atom. The number of sulfonamides is 1. The van der Waals surface area contributed by atoms with E-state index < -0.39 is 10.0 Å². The summed E-state index contributed by atoms with van der Waals surface area (Å²) < 4.78 is 25.9. The van der Waals surface area contributed by atoms with Crippen LogP contribution in [0.4, 0.5) is 0 Å². The summed E-state index contributed by atoms with van der Waals surface area (Å²) in [6, 6.07) is 9.45. The zero-order valence-electron chi connectivity index (χ0n) is 10.9. The summed E-state index contributed by atoms with van der Waals surface area (Å²) in [4.78, 5) is 0. The van der Waals surface area contributed by atoms with Crippen LogP contribution < -0.4 is 5.73 Å². The molecule has 4 nitrogen and oxygen atoms in total. The molecule has 0 bridgehead atoms. The smallest absolute Gasteiger partial charge is 0.236 e. The van der Waals surface area contributed by atoms with Crippen LogP contribution >= 0.6 is 0 Å². The third kappa shape index (κ3) is 3.89. The summed E-state index contributed by atoms with van der Waals surface area (Å²) in [5.41, 5.74) is 6.50. The van der Waals surface area contributed by atoms with Gasteiger partial charge in [-0.1, -0.05) is 30.3 Å². The van der Waals surface area contributed by atoms with Gasteiger partial charge in [-0.05, 0) is 36.9 Å². The van der Waals surface area contributed by atoms with Crippen molar-refractivity contribution in [2.75, 3.05) is 19.6 Å². The van der Waals surface area contributed by atoms with E-state index in [1.807, 2.05) is 30.3 Å². The molecule has 1 aliphatic heterocycles. The maximum absolute atomic E-state index is 12.2. The van der Waals surface area contributed by atoms with Crippen molar-refractivity contribution >= 4 is 16.1 Å². The van der Waals surface area contributed by atoms with Gasteiger partial charge in [0.25, 0.3) is 0 Å². The number of benzene rings is 1. The fourth-order valence-corrected chi connectivity index (χ4v) is 3.44. The Hall–Kier alpha value is -1.17. The minimum atomic E-state index is -3.30. The van der Waals surface area contributed by atoms with E-state index in [4.69, 9.17) is 5.73 Å². The van der Waals surface area contributed by atoms with Crippen molar-refractivity contribution in [2.24, 2.45) is 11.7 Å². The molecule has 104 valence electrons. The summed E-state index contributed by atoms with van der Waals surface area (Å²) in [6.45, 7) is 1.79. The van der Waals surface area contributed by atoms with Gasteiger partial charge in [0, 0.05) is 18.5 Å². The molecule has 2 N–H and O–H groups in total. The van der Waals surface area contributed by atoms with Gasteiger partial charge in [0.1, 0.15) is 0 Å². The molecule has 0 unspecified atom stereocenters. The molecule has 5 heteroatoms. The first-order valence-corrected chi connectivity index (χ1v) is 8.05. The van der Waals surface area contributed by atoms with Gasteiger partial charge in [-0.15, -0.1) is 0 Å². The predicted octanol–water partition coefficient (Wildman–Crippen LogP) is 1.66. The zero-order chi connectivity index (χ0) is 13.7. The van der Waals surface area contributed by atoms with E-state index in [2.05, 4.69) is 0 Å². The molecule has 0 saturated carbocycles. The molecule has 1 fully saturated rings. The molecule has 1 heterocycles. The maximum Gasteiger partial charge on any atom is 0.236 e. The lowest BCUT2D eigenvalue weighted by Crippen LogP contribution is -2.39. The summed E-state index contributed by atoms with van der Waals surface area (Å²) >= 11 is 0. The second kappa shape index (κ2) is 6.32. The van der Waals surface area contributed by atoms with Crippen LogP contribution in [0, 0.1) is 5.92 Å². The Kier molecular flexibility index (Phi) is 4.74. The summed E-state index contributed by atoms with van der Waals surface area (Å²) in [7, 11) is -3.30. The van der Waals surface area contributed by atoms with E-state index in [0.717, 1.165) is 18.4 Å². The van der Waals surface area contributed by atoms with Crippen LogP contribution in [-0.2, 0) is 10.0 Å². The van der Waals surface area contributed by atoms with E-state index in [1.54, 1.807) is 10.4 Å². The molecule has 2 rings (SSSR count). The van der Waals surface area contributed by atoms with Gasteiger partial charge < -0.3 is 5.73 Å². The molecule has 19 heavy (non-hydrogen) atoms. The van der Waals surface area contributed by atoms with E-state index in [-0.39, 0.29) is 0 Å². The van der Waals surface area contributed by atoms with Gasteiger partial charge in [-0.25, -0.2) is 8.42 Å². The number of piperidine rings is 1. The Labute approximate surface area is 115 Å². The van der Waals surface area contributed by atoms with Gasteiger partial charge >= 0.3 is 0 Å². The van der Waals surface area contributed by atoms with E-state index in [9.17, 15) is 8.42 Å². The number of nitrogens with zero attached hydrogens (tertiary/aromatic N) is 1. The molecule has 1 saturated heterocycles. The molecule has 0 aromatic heterocycles. The van der Waals surface area contributed by atoms with Crippen LogP contribution in [0.5, 0.6) is 0 Å². The van der Waals surface area contributed by atoms with Crippen LogP contribution in [0.3, 0.4) is 0 Å². The third-order valence-corrected chi connectivity index (χ3v) is 5.06. The van der Waals surface area contributed by atoms with Gasteiger partial charge in [0.05, 0.1) is 0 Å². The van der Waals surface area contributed by atoms with Crippen molar-refractivity contribution in [1.29, 1.82) is 0 Å². The van der Waals surface area contributed by atoms with Crippen LogP contribution in [0.15, 0.2) is 35.7 Å². The highest BCUT2D eigenvalue weighted by atomic mass is 32.2. The quantitative estimate of drug-likeness (QED) is 0.912. The standard InChI is InChI=1S/C14H20N2O2S/c15-12-14-6-9-16(10-7-14)19(17,18)11-8-13-4-2-1-3-5-13/h1-5,8,11,14H,6-7,9-10,12,15H2. The lowest BCUT2D eigenvalue weighted by molar-refractivity contribution is 0.281. The molecular weight excluding hydrogens is 260 g/mol. The number of hydrogen-bond acceptors (Lipinski definition) is 3. The van der Waals surface area contributed by atoms with Crippen molar-refractivity contribution in [3.05, 3.63) is 41.3 Å². The molecule has 0 spiro atoms. The minimum absolute atomic E-state index is 0.463. The first-order chi connectivity index (χ1) is 9.12. The first-order valence-electron chi connectivity index (χ1n) is 6.55. The zero-order valence-corrected chi connectivity index (χ0v) is 11.7. The average Bonchev–Trinajstić information content (AvgIpc) is 2.46. The van der Waals surface area contributed by atoms with E-state index in [1.165, 1.54) is 5.41 Å². The molecule has 0 radical (unpaired) electrons. The molecule has 0 atom stereocenters. The van der Waals surface area contributed by atoms with Crippen molar-refractivity contribution in [1.82, 2.24) is 4.31 Å². The Morgan fingerprint density at radius 1 is 1.21 bits per heavy atom. The topological polar surface area (TPSA) is 63.4 Å². The Bertz CT molecular complexity index is 518. The lowest BCUT2D eigenvalue weighted by atomic mass is 9.99. The van der Waals surface area contributed by atoms with Gasteiger partial charge in [-0.3, -0.25) is 0 Å². The second-order valence-corrected chi connectivity index (χ2v) is 6.66. The highest BCUT2D eigenvalue weighted by Crippen LogP contribution is 2.19. The number of hydrogen-bond donors (Lipinski definition) is 1. The van der Waals surface area contributed by atoms with Crippen LogP contribution in [0.2, 0.25) is 0 Å². The Morgan fingerprint density at radius 2 is 1.84 bits per heavy atom. The minimum Gasteiger partial charge on any atom is -0.330 e. The highest BCUT2D eigenvalue weighted by Gasteiger charge is 2.25. The average molecular weight is 280 g/mol. The monoisotopic (exact) mass is 280 g/mol. The molecule has 1 aliphatic rings. The molecule has 0 aliphatic carbocycles.